The van der Waals surface area contributed by atoms with Gasteiger partial charge in [-0.25, -0.2) is 25.6 Å². The molecule has 8 rings (SSSR count). The molecule has 0 spiro atoms. The van der Waals surface area contributed by atoms with Crippen LogP contribution in [-0.4, -0.2) is 89.3 Å². The SMILES string of the molecule is CN(C)[C@H]1C[C@@H](c2cccc(C(F)(F)F)c2)CC[C@@H]1Nc1cc(F)c(S(=O)(=O)Cc2ccon2)cc1Cl.CN(C)[C@H]1C[C@H](c2cccc(C(F)(F)F)c2)CC[C@@H]1Nc1cc(F)c(S(=O)(=O)Cc2ccon2)cc1Cl. The van der Waals surface area contributed by atoms with Crippen molar-refractivity contribution >= 4 is 54.3 Å². The molecule has 0 amide bonds. The van der Waals surface area contributed by atoms with Crippen molar-refractivity contribution in [2.24, 2.45) is 0 Å². The zero-order chi connectivity index (χ0) is 53.9. The van der Waals surface area contributed by atoms with Crippen molar-refractivity contribution in [3.8, 4) is 0 Å². The van der Waals surface area contributed by atoms with Crippen molar-refractivity contribution in [1.29, 1.82) is 0 Å². The first-order valence-corrected chi connectivity index (χ1v) is 27.2. The van der Waals surface area contributed by atoms with Crippen molar-refractivity contribution in [3.05, 3.63) is 153 Å². The van der Waals surface area contributed by atoms with Crippen LogP contribution in [0.2, 0.25) is 10.0 Å². The van der Waals surface area contributed by atoms with E-state index in [1.54, 1.807) is 12.1 Å². The summed E-state index contributed by atoms with van der Waals surface area (Å²) in [7, 11) is -0.638. The largest absolute Gasteiger partial charge is 0.416 e. The van der Waals surface area contributed by atoms with E-state index in [0.29, 0.717) is 49.7 Å². The smallest absolute Gasteiger partial charge is 0.379 e. The Morgan fingerprint density at radius 3 is 1.28 bits per heavy atom. The van der Waals surface area contributed by atoms with Crippen LogP contribution in [0, 0.1) is 11.6 Å². The molecule has 6 aromatic rings. The van der Waals surface area contributed by atoms with Gasteiger partial charge in [-0.1, -0.05) is 69.9 Å². The number of benzene rings is 4. The summed E-state index contributed by atoms with van der Waals surface area (Å²) < 4.78 is 169. The molecule has 24 heteroatoms. The Hall–Kier alpha value is -5.26. The van der Waals surface area contributed by atoms with Gasteiger partial charge in [0.15, 0.2) is 19.7 Å². The van der Waals surface area contributed by atoms with Gasteiger partial charge in [-0.15, -0.1) is 0 Å². The molecule has 4 aromatic carbocycles. The number of nitrogens with one attached hydrogen (secondary N) is 2. The summed E-state index contributed by atoms with van der Waals surface area (Å²) in [5.74, 6) is -3.13. The van der Waals surface area contributed by atoms with Gasteiger partial charge < -0.3 is 29.5 Å². The lowest BCUT2D eigenvalue weighted by Gasteiger charge is -2.41. The fourth-order valence-electron chi connectivity index (χ4n) is 9.64. The van der Waals surface area contributed by atoms with E-state index in [1.807, 2.05) is 38.0 Å². The summed E-state index contributed by atoms with van der Waals surface area (Å²) in [5, 5.41) is 13.7. The quantitative estimate of drug-likeness (QED) is 0.0999. The number of rotatable bonds is 14. The average Bonchev–Trinajstić information content (AvgIpc) is 4.05. The number of aromatic nitrogens is 2. The molecular formula is C50H52Cl2F8N6O6S2. The molecule has 0 bridgehead atoms. The van der Waals surface area contributed by atoms with Gasteiger partial charge in [-0.3, -0.25) is 0 Å². The second kappa shape index (κ2) is 22.9. The van der Waals surface area contributed by atoms with Gasteiger partial charge in [0.1, 0.15) is 45.5 Å². The summed E-state index contributed by atoms with van der Waals surface area (Å²) in [6, 6.07) is 17.3. The van der Waals surface area contributed by atoms with E-state index in [1.165, 1.54) is 48.9 Å². The molecule has 12 nitrogen and oxygen atoms in total. The van der Waals surface area contributed by atoms with E-state index in [9.17, 15) is 52.0 Å². The van der Waals surface area contributed by atoms with Crippen LogP contribution in [0.15, 0.2) is 116 Å². The second-order valence-corrected chi connectivity index (χ2v) is 23.6. The molecule has 0 aliphatic heterocycles. The first-order chi connectivity index (χ1) is 34.7. The van der Waals surface area contributed by atoms with Crippen LogP contribution in [0.5, 0.6) is 0 Å². The van der Waals surface area contributed by atoms with Crippen LogP contribution in [-0.2, 0) is 43.5 Å². The Morgan fingerprint density at radius 1 is 0.581 bits per heavy atom. The van der Waals surface area contributed by atoms with Crippen LogP contribution < -0.4 is 10.6 Å². The average molecular weight is 1120 g/mol. The molecule has 2 aromatic heterocycles. The number of alkyl halides is 6. The van der Waals surface area contributed by atoms with Gasteiger partial charge in [0, 0.05) is 36.3 Å². The van der Waals surface area contributed by atoms with Crippen LogP contribution in [0.4, 0.5) is 46.5 Å². The maximum absolute atomic E-state index is 15.0. The van der Waals surface area contributed by atoms with Crippen LogP contribution in [0.3, 0.4) is 0 Å². The molecule has 0 unspecified atom stereocenters. The molecule has 6 atom stereocenters. The number of hydrogen-bond donors (Lipinski definition) is 2. The Kier molecular flexibility index (Phi) is 17.5. The molecule has 400 valence electrons. The molecule has 2 fully saturated rings. The topological polar surface area (TPSA) is 151 Å². The standard InChI is InChI=1S/2C25H26ClF4N3O3S/c2*1-33(2)23-11-16(15-4-3-5-17(10-15)25(28,29)30)6-7-21(23)31-22-13-20(27)24(12-19(22)26)37(34,35)14-18-8-9-36-32-18/h2*3-5,8-10,12-13,16,21,23,31H,6-7,11,14H2,1-2H3/t16-,21+,23+;16-,21-,23-/m10/s1. The molecule has 2 aliphatic carbocycles. The number of nitrogens with zero attached hydrogens (tertiary/aromatic N) is 4. The first kappa shape index (κ1) is 56.5. The highest BCUT2D eigenvalue weighted by atomic mass is 35.5. The minimum absolute atomic E-state index is 0.0395. The molecule has 2 saturated carbocycles. The maximum atomic E-state index is 15.0. The highest BCUT2D eigenvalue weighted by Gasteiger charge is 2.38. The molecule has 2 N–H and O–H groups in total. The van der Waals surface area contributed by atoms with Crippen molar-refractivity contribution in [2.75, 3.05) is 38.8 Å². The summed E-state index contributed by atoms with van der Waals surface area (Å²) in [5.41, 5.74) is 0.688. The van der Waals surface area contributed by atoms with Crippen LogP contribution in [0.25, 0.3) is 0 Å². The van der Waals surface area contributed by atoms with Gasteiger partial charge in [0.2, 0.25) is 0 Å². The minimum Gasteiger partial charge on any atom is -0.379 e. The van der Waals surface area contributed by atoms with Crippen molar-refractivity contribution in [3.63, 3.8) is 0 Å². The Labute approximate surface area is 433 Å². The Balaban J connectivity index is 0.000000216. The third-order valence-corrected chi connectivity index (χ3v) is 17.3. The van der Waals surface area contributed by atoms with Crippen LogP contribution >= 0.6 is 23.2 Å². The number of halogens is 10. The summed E-state index contributed by atoms with van der Waals surface area (Å²) in [6.45, 7) is 0. The van der Waals surface area contributed by atoms with E-state index < -0.39 is 76.1 Å². The molecule has 2 heterocycles. The highest BCUT2D eigenvalue weighted by molar-refractivity contribution is 7.91. The number of anilines is 2. The number of sulfone groups is 2. The van der Waals surface area contributed by atoms with E-state index in [-0.39, 0.29) is 68.8 Å². The molecule has 0 saturated heterocycles. The normalized spacial score (nSPS) is 20.8. The third-order valence-electron chi connectivity index (χ3n) is 13.4. The first-order valence-electron chi connectivity index (χ1n) is 23.1. The zero-order valence-electron chi connectivity index (χ0n) is 40.2. The van der Waals surface area contributed by atoms with E-state index in [0.717, 1.165) is 36.4 Å². The Morgan fingerprint density at radius 2 is 0.959 bits per heavy atom. The second-order valence-electron chi connectivity index (χ2n) is 18.9. The van der Waals surface area contributed by atoms with E-state index in [2.05, 4.69) is 30.0 Å². The fourth-order valence-corrected chi connectivity index (χ4v) is 12.9. The van der Waals surface area contributed by atoms with E-state index >= 15 is 0 Å². The summed E-state index contributed by atoms with van der Waals surface area (Å²) >= 11 is 12.7. The summed E-state index contributed by atoms with van der Waals surface area (Å²) in [4.78, 5) is 2.86. The van der Waals surface area contributed by atoms with Gasteiger partial charge in [-0.2, -0.15) is 26.3 Å². The lowest BCUT2D eigenvalue weighted by atomic mass is 9.78. The van der Waals surface area contributed by atoms with Crippen LogP contribution in [0.1, 0.15) is 84.0 Å². The van der Waals surface area contributed by atoms with Gasteiger partial charge in [-0.05, 0) is 126 Å². The predicted molar refractivity (Wildman–Crippen MR) is 263 cm³/mol. The molecule has 0 radical (unpaired) electrons. The van der Waals surface area contributed by atoms with Gasteiger partial charge >= 0.3 is 12.4 Å². The van der Waals surface area contributed by atoms with Crippen molar-refractivity contribution < 1.29 is 61.0 Å². The van der Waals surface area contributed by atoms with Gasteiger partial charge in [0.05, 0.1) is 43.9 Å². The van der Waals surface area contributed by atoms with Crippen molar-refractivity contribution in [2.45, 2.75) is 108 Å². The minimum atomic E-state index is -4.41. The summed E-state index contributed by atoms with van der Waals surface area (Å²) in [6.07, 6.45) is -2.79. The maximum Gasteiger partial charge on any atom is 0.416 e. The monoisotopic (exact) mass is 1120 g/mol. The highest BCUT2D eigenvalue weighted by Crippen LogP contribution is 2.42. The molecular weight excluding hydrogens is 1070 g/mol. The number of hydrogen-bond acceptors (Lipinski definition) is 12. The third kappa shape index (κ3) is 13.8. The van der Waals surface area contributed by atoms with Gasteiger partial charge in [0.25, 0.3) is 0 Å². The number of likely N-dealkylation sites (N-methyl/N-ethyl adjacent to an activating group) is 2. The molecule has 2 aliphatic rings. The fraction of sp³-hybridized carbons (Fsp3) is 0.400. The molecule has 74 heavy (non-hydrogen) atoms. The lowest BCUT2D eigenvalue weighted by molar-refractivity contribution is -0.138. The Bertz CT molecular complexity index is 2900. The predicted octanol–water partition coefficient (Wildman–Crippen LogP) is 12.3. The zero-order valence-corrected chi connectivity index (χ0v) is 43.3. The van der Waals surface area contributed by atoms with Crippen molar-refractivity contribution in [1.82, 2.24) is 20.1 Å². The van der Waals surface area contributed by atoms with E-state index in [4.69, 9.17) is 23.2 Å². The lowest BCUT2D eigenvalue weighted by Crippen LogP contribution is -2.47.